The molecule has 3 N–H and O–H groups in total. The number of hydrogen-bond acceptors (Lipinski definition) is 4. The van der Waals surface area contributed by atoms with Crippen LogP contribution >= 0.6 is 23.7 Å². The van der Waals surface area contributed by atoms with Gasteiger partial charge in [-0.15, -0.1) is 23.7 Å². The zero-order valence-electron chi connectivity index (χ0n) is 15.9. The van der Waals surface area contributed by atoms with Crippen molar-refractivity contribution in [1.82, 2.24) is 10.2 Å². The lowest BCUT2D eigenvalue weighted by Gasteiger charge is -2.36. The predicted molar refractivity (Wildman–Crippen MR) is 110 cm³/mol. The van der Waals surface area contributed by atoms with Gasteiger partial charge in [0, 0.05) is 48.3 Å². The zero-order valence-corrected chi connectivity index (χ0v) is 17.5. The molecule has 1 fully saturated rings. The number of likely N-dealkylation sites (tertiary alicyclic amines) is 1. The van der Waals surface area contributed by atoms with Crippen molar-refractivity contribution in [1.29, 1.82) is 0 Å². The van der Waals surface area contributed by atoms with Crippen molar-refractivity contribution in [2.45, 2.75) is 64.8 Å². The Labute approximate surface area is 167 Å². The van der Waals surface area contributed by atoms with Crippen LogP contribution in [0.25, 0.3) is 0 Å². The predicted octanol–water partition coefficient (Wildman–Crippen LogP) is 2.96. The highest BCUT2D eigenvalue weighted by molar-refractivity contribution is 7.12. The van der Waals surface area contributed by atoms with E-state index >= 15 is 0 Å². The number of rotatable bonds is 8. The summed E-state index contributed by atoms with van der Waals surface area (Å²) in [5.41, 5.74) is 6.78. The molecule has 1 aliphatic heterocycles. The Morgan fingerprint density at radius 3 is 2.73 bits per heavy atom. The van der Waals surface area contributed by atoms with Crippen molar-refractivity contribution in [2.75, 3.05) is 19.6 Å². The van der Waals surface area contributed by atoms with Gasteiger partial charge in [0.2, 0.25) is 11.8 Å². The summed E-state index contributed by atoms with van der Waals surface area (Å²) >= 11 is 1.83. The highest BCUT2D eigenvalue weighted by Gasteiger charge is 2.26. The van der Waals surface area contributed by atoms with Crippen LogP contribution < -0.4 is 11.1 Å². The normalized spacial score (nSPS) is 16.9. The lowest BCUT2D eigenvalue weighted by molar-refractivity contribution is -0.135. The van der Waals surface area contributed by atoms with Gasteiger partial charge in [0.25, 0.3) is 0 Å². The third-order valence-electron chi connectivity index (χ3n) is 4.83. The number of carbonyl (C=O) groups excluding carboxylic acids is 2. The van der Waals surface area contributed by atoms with Gasteiger partial charge in [-0.1, -0.05) is 0 Å². The standard InChI is InChI=1S/C19H31N3O2S.ClH/c1-14-12-16(15(2)25-14)6-5-8-19(24)22-11-4-3-7-17(22)13-21-18(23)9-10-20;/h12,17H,3-11,13,20H2,1-2H3,(H,21,23);1H. The summed E-state index contributed by atoms with van der Waals surface area (Å²) in [6.45, 7) is 6.00. The fourth-order valence-corrected chi connectivity index (χ4v) is 4.47. The Bertz CT molecular complexity index is 591. The number of nitrogens with zero attached hydrogens (tertiary/aromatic N) is 1. The van der Waals surface area contributed by atoms with Gasteiger partial charge in [-0.05, 0) is 57.6 Å². The number of hydrogen-bond donors (Lipinski definition) is 2. The van der Waals surface area contributed by atoms with Gasteiger partial charge in [-0.3, -0.25) is 9.59 Å². The maximum atomic E-state index is 12.7. The van der Waals surface area contributed by atoms with E-state index in [2.05, 4.69) is 25.2 Å². The Balaban J connectivity index is 0.00000338. The molecule has 0 spiro atoms. The van der Waals surface area contributed by atoms with E-state index in [4.69, 9.17) is 5.73 Å². The molecule has 0 saturated carbocycles. The molecule has 0 radical (unpaired) electrons. The molecule has 1 aromatic rings. The first-order valence-electron chi connectivity index (χ1n) is 9.33. The molecular weight excluding hydrogens is 370 g/mol. The number of piperidine rings is 1. The average molecular weight is 402 g/mol. The third kappa shape index (κ3) is 6.89. The number of carbonyl (C=O) groups is 2. The second kappa shape index (κ2) is 11.6. The second-order valence-corrected chi connectivity index (χ2v) is 8.33. The van der Waals surface area contributed by atoms with Gasteiger partial charge in [-0.25, -0.2) is 0 Å². The van der Waals surface area contributed by atoms with Crippen LogP contribution in [0.3, 0.4) is 0 Å². The van der Waals surface area contributed by atoms with Crippen LogP contribution in [-0.4, -0.2) is 42.4 Å². The summed E-state index contributed by atoms with van der Waals surface area (Å²) in [5, 5.41) is 2.92. The van der Waals surface area contributed by atoms with Crippen LogP contribution in [-0.2, 0) is 16.0 Å². The van der Waals surface area contributed by atoms with Crippen LogP contribution in [0.1, 0.15) is 53.8 Å². The van der Waals surface area contributed by atoms with E-state index < -0.39 is 0 Å². The lowest BCUT2D eigenvalue weighted by Crippen LogP contribution is -2.49. The molecule has 5 nitrogen and oxygen atoms in total. The topological polar surface area (TPSA) is 75.4 Å². The average Bonchev–Trinajstić information content (AvgIpc) is 2.91. The van der Waals surface area contributed by atoms with E-state index in [1.165, 1.54) is 15.3 Å². The van der Waals surface area contributed by atoms with Gasteiger partial charge in [-0.2, -0.15) is 0 Å². The van der Waals surface area contributed by atoms with E-state index in [1.807, 2.05) is 16.2 Å². The third-order valence-corrected chi connectivity index (χ3v) is 5.84. The number of nitrogens with one attached hydrogen (secondary N) is 1. The summed E-state index contributed by atoms with van der Waals surface area (Å²) in [5.74, 6) is 0.200. The summed E-state index contributed by atoms with van der Waals surface area (Å²) in [7, 11) is 0. The van der Waals surface area contributed by atoms with Gasteiger partial charge >= 0.3 is 0 Å². The first kappa shape index (κ1) is 22.9. The van der Waals surface area contributed by atoms with Crippen molar-refractivity contribution in [2.24, 2.45) is 5.73 Å². The number of amides is 2. The molecule has 1 saturated heterocycles. The number of aryl methyl sites for hydroxylation is 3. The fourth-order valence-electron chi connectivity index (χ4n) is 3.50. The summed E-state index contributed by atoms with van der Waals surface area (Å²) in [6.07, 6.45) is 5.93. The van der Waals surface area contributed by atoms with Crippen LogP contribution in [0, 0.1) is 13.8 Å². The van der Waals surface area contributed by atoms with Crippen molar-refractivity contribution < 1.29 is 9.59 Å². The molecule has 26 heavy (non-hydrogen) atoms. The molecule has 1 aromatic heterocycles. The van der Waals surface area contributed by atoms with Crippen LogP contribution in [0.15, 0.2) is 6.07 Å². The van der Waals surface area contributed by atoms with Crippen molar-refractivity contribution in [3.8, 4) is 0 Å². The maximum Gasteiger partial charge on any atom is 0.222 e. The fraction of sp³-hybridized carbons (Fsp3) is 0.684. The van der Waals surface area contributed by atoms with Gasteiger partial charge in [0.05, 0.1) is 0 Å². The molecular formula is C19H32ClN3O2S. The molecule has 1 unspecified atom stereocenters. The molecule has 2 amide bonds. The molecule has 2 heterocycles. The first-order valence-corrected chi connectivity index (χ1v) is 10.1. The smallest absolute Gasteiger partial charge is 0.222 e. The minimum atomic E-state index is -0.0243. The molecule has 7 heteroatoms. The number of halogens is 1. The van der Waals surface area contributed by atoms with Crippen molar-refractivity contribution in [3.63, 3.8) is 0 Å². The number of nitrogens with two attached hydrogens (primary N) is 1. The van der Waals surface area contributed by atoms with Crippen LogP contribution in [0.4, 0.5) is 0 Å². The summed E-state index contributed by atoms with van der Waals surface area (Å²) in [6, 6.07) is 2.37. The lowest BCUT2D eigenvalue weighted by atomic mass is 10.0. The second-order valence-electron chi connectivity index (χ2n) is 6.87. The van der Waals surface area contributed by atoms with E-state index in [-0.39, 0.29) is 30.3 Å². The molecule has 2 rings (SSSR count). The van der Waals surface area contributed by atoms with E-state index in [9.17, 15) is 9.59 Å². The van der Waals surface area contributed by atoms with Gasteiger partial charge < -0.3 is 16.0 Å². The van der Waals surface area contributed by atoms with E-state index in [1.54, 1.807) is 0 Å². The molecule has 1 aliphatic rings. The molecule has 0 aliphatic carbocycles. The van der Waals surface area contributed by atoms with E-state index in [0.29, 0.717) is 25.9 Å². The van der Waals surface area contributed by atoms with E-state index in [0.717, 1.165) is 38.6 Å². The molecule has 148 valence electrons. The first-order chi connectivity index (χ1) is 12.0. The Hall–Kier alpha value is -1.11. The zero-order chi connectivity index (χ0) is 18.2. The largest absolute Gasteiger partial charge is 0.354 e. The van der Waals surface area contributed by atoms with Gasteiger partial charge in [0.1, 0.15) is 0 Å². The highest BCUT2D eigenvalue weighted by atomic mass is 35.5. The van der Waals surface area contributed by atoms with Crippen LogP contribution in [0.2, 0.25) is 0 Å². The Kier molecular flexibility index (Phi) is 10.2. The van der Waals surface area contributed by atoms with Crippen molar-refractivity contribution in [3.05, 3.63) is 21.4 Å². The van der Waals surface area contributed by atoms with Gasteiger partial charge in [0.15, 0.2) is 0 Å². The quantitative estimate of drug-likeness (QED) is 0.703. The number of thiophene rings is 1. The molecule has 0 bridgehead atoms. The van der Waals surface area contributed by atoms with Crippen LogP contribution in [0.5, 0.6) is 0 Å². The minimum absolute atomic E-state index is 0. The molecule has 1 atom stereocenters. The SMILES string of the molecule is Cc1cc(CCCC(=O)N2CCCCC2CNC(=O)CCN)c(C)s1.Cl. The Morgan fingerprint density at radius 1 is 1.31 bits per heavy atom. The Morgan fingerprint density at radius 2 is 2.08 bits per heavy atom. The molecule has 0 aromatic carbocycles. The maximum absolute atomic E-state index is 12.7. The highest BCUT2D eigenvalue weighted by Crippen LogP contribution is 2.23. The summed E-state index contributed by atoms with van der Waals surface area (Å²) in [4.78, 5) is 29.0. The summed E-state index contributed by atoms with van der Waals surface area (Å²) < 4.78 is 0. The van der Waals surface area contributed by atoms with Crippen molar-refractivity contribution >= 4 is 35.6 Å². The monoisotopic (exact) mass is 401 g/mol. The minimum Gasteiger partial charge on any atom is -0.354 e.